The molecular weight excluding hydrogens is 368 g/mol. The molecule has 0 aliphatic carbocycles. The maximum Gasteiger partial charge on any atom is 0.305 e. The van der Waals surface area contributed by atoms with Gasteiger partial charge in [0.15, 0.2) is 0 Å². The van der Waals surface area contributed by atoms with Gasteiger partial charge in [0, 0.05) is 13.1 Å². The topological polar surface area (TPSA) is 104 Å². The molecule has 0 fully saturated rings. The molecule has 146 valence electrons. The van der Waals surface area contributed by atoms with Crippen molar-refractivity contribution in [2.24, 2.45) is 0 Å². The van der Waals surface area contributed by atoms with E-state index in [4.69, 9.17) is 0 Å². The third kappa shape index (κ3) is 5.27. The van der Waals surface area contributed by atoms with E-state index in [1.54, 1.807) is 26.0 Å². The van der Waals surface area contributed by atoms with Crippen molar-refractivity contribution in [3.05, 3.63) is 48.0 Å². The number of carbonyl (C=O) groups excluding carboxylic acids is 1. The molecule has 0 aliphatic heterocycles. The van der Waals surface area contributed by atoms with Gasteiger partial charge in [0.25, 0.3) is 0 Å². The molecule has 0 spiro atoms. The van der Waals surface area contributed by atoms with Gasteiger partial charge in [0.1, 0.15) is 5.75 Å². The number of nitrogens with zero attached hydrogens (tertiary/aromatic N) is 1. The van der Waals surface area contributed by atoms with E-state index in [2.05, 4.69) is 5.32 Å². The number of rotatable bonds is 9. The van der Waals surface area contributed by atoms with Crippen LogP contribution in [0.25, 0.3) is 10.8 Å². The first-order valence-electron chi connectivity index (χ1n) is 8.75. The van der Waals surface area contributed by atoms with Crippen LogP contribution in [0.1, 0.15) is 31.9 Å². The smallest absolute Gasteiger partial charge is 0.305 e. The second-order valence-corrected chi connectivity index (χ2v) is 8.10. The summed E-state index contributed by atoms with van der Waals surface area (Å²) in [7, 11) is -3.75. The minimum absolute atomic E-state index is 0.272. The van der Waals surface area contributed by atoms with Crippen molar-refractivity contribution >= 4 is 32.7 Å². The second-order valence-electron chi connectivity index (χ2n) is 6.13. The van der Waals surface area contributed by atoms with Gasteiger partial charge in [-0.2, -0.15) is 0 Å². The van der Waals surface area contributed by atoms with Gasteiger partial charge < -0.3 is 10.4 Å². The van der Waals surface area contributed by atoms with Gasteiger partial charge in [-0.3, -0.25) is 9.59 Å². The number of amides is 1. The Hall–Kier alpha value is -2.45. The molecule has 0 aliphatic rings. The lowest BCUT2D eigenvalue weighted by molar-refractivity contribution is -0.137. The molecule has 1 atom stereocenters. The average Bonchev–Trinajstić information content (AvgIpc) is 2.60. The van der Waals surface area contributed by atoms with Crippen molar-refractivity contribution in [1.82, 2.24) is 9.62 Å². The first-order chi connectivity index (χ1) is 12.8. The van der Waals surface area contributed by atoms with E-state index in [0.717, 1.165) is 10.8 Å². The molecule has 2 N–H and O–H groups in total. The quantitative estimate of drug-likeness (QED) is 0.680. The van der Waals surface area contributed by atoms with Gasteiger partial charge >= 0.3 is 5.97 Å². The van der Waals surface area contributed by atoms with Gasteiger partial charge in [0.05, 0.1) is 12.5 Å². The molecule has 1 amide bonds. The molecule has 7 nitrogen and oxygen atoms in total. The zero-order chi connectivity index (χ0) is 20.0. The van der Waals surface area contributed by atoms with Crippen LogP contribution in [0.2, 0.25) is 0 Å². The van der Waals surface area contributed by atoms with E-state index in [1.165, 1.54) is 4.31 Å². The minimum atomic E-state index is -3.75. The third-order valence-corrected chi connectivity index (χ3v) is 6.26. The lowest BCUT2D eigenvalue weighted by atomic mass is 9.96. The Morgan fingerprint density at radius 3 is 2.33 bits per heavy atom. The third-order valence-electron chi connectivity index (χ3n) is 4.33. The molecule has 0 saturated heterocycles. The fourth-order valence-corrected chi connectivity index (χ4v) is 4.46. The number of benzene rings is 2. The highest BCUT2D eigenvalue weighted by Gasteiger charge is 2.26. The van der Waals surface area contributed by atoms with Gasteiger partial charge in [-0.25, -0.2) is 12.7 Å². The zero-order valence-electron chi connectivity index (χ0n) is 15.4. The summed E-state index contributed by atoms with van der Waals surface area (Å²) in [5.74, 6) is -2.52. The lowest BCUT2D eigenvalue weighted by Crippen LogP contribution is -2.40. The number of carboxylic acid groups (broad SMARTS) is 1. The monoisotopic (exact) mass is 392 g/mol. The summed E-state index contributed by atoms with van der Waals surface area (Å²) in [6.07, 6.45) is -0.342. The number of sulfonamides is 1. The molecule has 2 rings (SSSR count). The van der Waals surface area contributed by atoms with Crippen LogP contribution < -0.4 is 5.32 Å². The van der Waals surface area contributed by atoms with E-state index in [1.807, 2.05) is 30.3 Å². The van der Waals surface area contributed by atoms with Crippen molar-refractivity contribution < 1.29 is 23.1 Å². The molecule has 0 saturated carbocycles. The fraction of sp³-hybridized carbons (Fsp3) is 0.368. The predicted molar refractivity (Wildman–Crippen MR) is 104 cm³/mol. The van der Waals surface area contributed by atoms with Gasteiger partial charge in [0.2, 0.25) is 15.9 Å². The Labute approximate surface area is 159 Å². The molecule has 0 radical (unpaired) electrons. The first-order valence-corrected chi connectivity index (χ1v) is 10.4. The Bertz CT molecular complexity index is 917. The molecule has 0 heterocycles. The number of carboxylic acids is 1. The molecule has 27 heavy (non-hydrogen) atoms. The summed E-state index contributed by atoms with van der Waals surface area (Å²) >= 11 is 0. The maximum atomic E-state index is 12.4. The molecule has 8 heteroatoms. The molecule has 0 aromatic heterocycles. The van der Waals surface area contributed by atoms with Crippen molar-refractivity contribution in [2.45, 2.75) is 26.3 Å². The normalized spacial score (nSPS) is 12.9. The Kier molecular flexibility index (Phi) is 6.92. The van der Waals surface area contributed by atoms with Crippen molar-refractivity contribution in [2.75, 3.05) is 18.8 Å². The molecular formula is C19H24N2O5S. The van der Waals surface area contributed by atoms with Crippen molar-refractivity contribution in [1.29, 1.82) is 0 Å². The maximum absolute atomic E-state index is 12.4. The number of hydrogen-bond acceptors (Lipinski definition) is 4. The Morgan fingerprint density at radius 1 is 1.07 bits per heavy atom. The van der Waals surface area contributed by atoms with Gasteiger partial charge in [-0.15, -0.1) is 0 Å². The molecule has 2 aromatic rings. The second kappa shape index (κ2) is 8.96. The van der Waals surface area contributed by atoms with E-state index < -0.39 is 33.7 Å². The summed E-state index contributed by atoms with van der Waals surface area (Å²) in [5, 5.41) is 13.6. The lowest BCUT2D eigenvalue weighted by Gasteiger charge is -2.21. The molecule has 0 unspecified atom stereocenters. The van der Waals surface area contributed by atoms with Crippen LogP contribution in [0.15, 0.2) is 42.5 Å². The van der Waals surface area contributed by atoms with E-state index in [0.29, 0.717) is 5.56 Å². The molecule has 2 aromatic carbocycles. The number of nitrogens with one attached hydrogen (secondary N) is 1. The zero-order valence-corrected chi connectivity index (χ0v) is 16.2. The summed E-state index contributed by atoms with van der Waals surface area (Å²) in [6.45, 7) is 3.94. The van der Waals surface area contributed by atoms with E-state index >= 15 is 0 Å². The van der Waals surface area contributed by atoms with Crippen LogP contribution in [0.4, 0.5) is 0 Å². The summed E-state index contributed by atoms with van der Waals surface area (Å²) in [5.41, 5.74) is 0.643. The standard InChI is InChI=1S/C19H24N2O5S/c1-3-21(4-2)27(25,26)13-18(22)20-17(12-19(23)24)16-11-7-9-14-8-5-6-10-15(14)16/h5-11,17H,3-4,12-13H2,1-2H3,(H,20,22)(H,23,24)/t17-/m1/s1. The number of carbonyl (C=O) groups is 2. The van der Waals surface area contributed by atoms with Crippen LogP contribution in [0.3, 0.4) is 0 Å². The molecule has 0 bridgehead atoms. The van der Waals surface area contributed by atoms with Crippen LogP contribution in [-0.4, -0.2) is 48.5 Å². The summed E-state index contributed by atoms with van der Waals surface area (Å²) in [4.78, 5) is 23.7. The first kappa shape index (κ1) is 20.9. The largest absolute Gasteiger partial charge is 0.481 e. The number of fused-ring (bicyclic) bond motifs is 1. The Balaban J connectivity index is 2.29. The van der Waals surface area contributed by atoms with E-state index in [-0.39, 0.29) is 19.5 Å². The predicted octanol–water partition coefficient (Wildman–Crippen LogP) is 2.14. The van der Waals surface area contributed by atoms with Crippen LogP contribution in [-0.2, 0) is 19.6 Å². The highest BCUT2D eigenvalue weighted by Crippen LogP contribution is 2.26. The van der Waals surface area contributed by atoms with Crippen molar-refractivity contribution in [3.63, 3.8) is 0 Å². The SMILES string of the molecule is CCN(CC)S(=O)(=O)CC(=O)N[C@H](CC(=O)O)c1cccc2ccccc12. The highest BCUT2D eigenvalue weighted by atomic mass is 32.2. The van der Waals surface area contributed by atoms with Gasteiger partial charge in [-0.1, -0.05) is 56.3 Å². The van der Waals surface area contributed by atoms with Crippen LogP contribution >= 0.6 is 0 Å². The summed E-state index contributed by atoms with van der Waals surface area (Å²) in [6, 6.07) is 12.0. The van der Waals surface area contributed by atoms with E-state index in [9.17, 15) is 23.1 Å². The van der Waals surface area contributed by atoms with Crippen LogP contribution in [0, 0.1) is 0 Å². The van der Waals surface area contributed by atoms with Crippen molar-refractivity contribution in [3.8, 4) is 0 Å². The number of hydrogen-bond donors (Lipinski definition) is 2. The van der Waals surface area contributed by atoms with Gasteiger partial charge in [-0.05, 0) is 16.3 Å². The number of aliphatic carboxylic acids is 1. The fourth-order valence-electron chi connectivity index (χ4n) is 3.08. The highest BCUT2D eigenvalue weighted by molar-refractivity contribution is 7.89. The average molecular weight is 392 g/mol. The van der Waals surface area contributed by atoms with Crippen LogP contribution in [0.5, 0.6) is 0 Å². The minimum Gasteiger partial charge on any atom is -0.481 e. The Morgan fingerprint density at radius 2 is 1.70 bits per heavy atom. The summed E-state index contributed by atoms with van der Waals surface area (Å²) < 4.78 is 25.8.